The molecule has 2 rings (SSSR count). The molecule has 0 unspecified atom stereocenters. The molecule has 94 valence electrons. The average molecular weight is 253 g/mol. The fourth-order valence-corrected chi connectivity index (χ4v) is 3.70. The largest absolute Gasteiger partial charge is 0.218 e. The molecule has 1 saturated carbocycles. The summed E-state index contributed by atoms with van der Waals surface area (Å²) in [5.41, 5.74) is 0.845. The monoisotopic (exact) mass is 253 g/mol. The predicted octanol–water partition coefficient (Wildman–Crippen LogP) is 2.61. The molecule has 0 amide bonds. The van der Waals surface area contributed by atoms with Gasteiger partial charge in [-0.2, -0.15) is 0 Å². The molecule has 1 fully saturated rings. The van der Waals surface area contributed by atoms with Gasteiger partial charge < -0.3 is 0 Å². The maximum absolute atomic E-state index is 12.2. The summed E-state index contributed by atoms with van der Waals surface area (Å²) in [6.45, 7) is 1.74. The van der Waals surface area contributed by atoms with Gasteiger partial charge in [-0.15, -0.1) is 0 Å². The van der Waals surface area contributed by atoms with Gasteiger partial charge in [0.1, 0.15) is 0 Å². The Balaban J connectivity index is 2.09. The van der Waals surface area contributed by atoms with Crippen molar-refractivity contribution in [1.29, 1.82) is 0 Å². The predicted molar refractivity (Wildman–Crippen MR) is 69.2 cm³/mol. The lowest BCUT2D eigenvalue weighted by atomic mass is 10.2. The molecule has 1 aromatic carbocycles. The maximum Gasteiger partial charge on any atom is 0.218 e. The molecule has 0 saturated heterocycles. The van der Waals surface area contributed by atoms with Crippen LogP contribution in [0.25, 0.3) is 0 Å². The van der Waals surface area contributed by atoms with Crippen LogP contribution in [0, 0.1) is 0 Å². The van der Waals surface area contributed by atoms with Crippen LogP contribution in [0.4, 0.5) is 0 Å². The van der Waals surface area contributed by atoms with Crippen molar-refractivity contribution in [2.45, 2.75) is 43.9 Å². The highest BCUT2D eigenvalue weighted by atomic mass is 32.2. The topological polar surface area (TPSA) is 46.2 Å². The molecule has 0 aromatic heterocycles. The quantitative estimate of drug-likeness (QED) is 0.896. The number of hydrogen-bond acceptors (Lipinski definition) is 2. The summed E-state index contributed by atoms with van der Waals surface area (Å²) >= 11 is 0. The normalized spacial score (nSPS) is 19.4. The third-order valence-corrected chi connectivity index (χ3v) is 5.29. The Morgan fingerprint density at radius 3 is 2.35 bits per heavy atom. The molecule has 17 heavy (non-hydrogen) atoms. The van der Waals surface area contributed by atoms with E-state index < -0.39 is 15.3 Å². The first-order valence-corrected chi connectivity index (χ1v) is 7.70. The van der Waals surface area contributed by atoms with E-state index in [0.29, 0.717) is 0 Å². The summed E-state index contributed by atoms with van der Waals surface area (Å²) in [5.74, 6) is 0. The first kappa shape index (κ1) is 12.6. The molecule has 4 heteroatoms. The summed E-state index contributed by atoms with van der Waals surface area (Å²) < 4.78 is 27.2. The molecular weight excluding hydrogens is 234 g/mol. The molecule has 0 spiro atoms. The lowest BCUT2D eigenvalue weighted by molar-refractivity contribution is 0.543. The zero-order valence-electron chi connectivity index (χ0n) is 10.1. The van der Waals surface area contributed by atoms with Crippen molar-refractivity contribution in [3.8, 4) is 0 Å². The van der Waals surface area contributed by atoms with Gasteiger partial charge in [-0.3, -0.25) is 0 Å². The third-order valence-electron chi connectivity index (χ3n) is 3.42. The second-order valence-corrected chi connectivity index (χ2v) is 6.73. The van der Waals surface area contributed by atoms with Gasteiger partial charge >= 0.3 is 0 Å². The van der Waals surface area contributed by atoms with Crippen LogP contribution in [0.1, 0.15) is 43.4 Å². The lowest BCUT2D eigenvalue weighted by Gasteiger charge is -2.18. The second kappa shape index (κ2) is 5.19. The smallest absolute Gasteiger partial charge is 0.212 e. The molecule has 1 aromatic rings. The molecule has 0 radical (unpaired) electrons. The number of benzene rings is 1. The van der Waals surface area contributed by atoms with E-state index in [1.54, 1.807) is 6.92 Å². The van der Waals surface area contributed by atoms with Crippen molar-refractivity contribution in [3.63, 3.8) is 0 Å². The fraction of sp³-hybridized carbons (Fsp3) is 0.538. The van der Waals surface area contributed by atoms with Gasteiger partial charge in [-0.1, -0.05) is 43.2 Å². The van der Waals surface area contributed by atoms with E-state index >= 15 is 0 Å². The molecular formula is C13H19NO2S. The number of rotatable bonds is 4. The summed E-state index contributed by atoms with van der Waals surface area (Å²) in [6, 6.07) is 9.50. The summed E-state index contributed by atoms with van der Waals surface area (Å²) in [4.78, 5) is 0. The van der Waals surface area contributed by atoms with Crippen molar-refractivity contribution >= 4 is 10.0 Å². The molecule has 0 aliphatic heterocycles. The molecule has 0 bridgehead atoms. The molecule has 3 nitrogen and oxygen atoms in total. The minimum Gasteiger partial charge on any atom is -0.212 e. The van der Waals surface area contributed by atoms with Gasteiger partial charge in [-0.25, -0.2) is 13.1 Å². The minimum absolute atomic E-state index is 0.145. The fourth-order valence-electron chi connectivity index (χ4n) is 2.28. The van der Waals surface area contributed by atoms with E-state index in [0.717, 1.165) is 31.2 Å². The third kappa shape index (κ3) is 3.07. The van der Waals surface area contributed by atoms with Gasteiger partial charge in [0, 0.05) is 6.04 Å². The van der Waals surface area contributed by atoms with Crippen LogP contribution in [0.15, 0.2) is 30.3 Å². The van der Waals surface area contributed by atoms with Crippen molar-refractivity contribution in [2.75, 3.05) is 0 Å². The summed E-state index contributed by atoms with van der Waals surface area (Å²) in [6.07, 6.45) is 4.21. The maximum atomic E-state index is 12.2. The van der Waals surface area contributed by atoms with E-state index in [2.05, 4.69) is 4.72 Å². The van der Waals surface area contributed by atoms with Gasteiger partial charge in [0.25, 0.3) is 0 Å². The number of nitrogens with one attached hydrogen (secondary N) is 1. The van der Waals surface area contributed by atoms with Gasteiger partial charge in [-0.05, 0) is 25.3 Å². The second-order valence-electron chi connectivity index (χ2n) is 4.70. The molecule has 1 atom stereocenters. The van der Waals surface area contributed by atoms with Crippen molar-refractivity contribution in [3.05, 3.63) is 35.9 Å². The van der Waals surface area contributed by atoms with Crippen LogP contribution in [0.2, 0.25) is 0 Å². The van der Waals surface area contributed by atoms with Gasteiger partial charge in [0.05, 0.1) is 5.25 Å². The molecule has 1 aliphatic rings. The standard InChI is InChI=1S/C13H19NO2S/c1-11(12-7-3-2-4-8-12)17(15,16)14-13-9-5-6-10-13/h2-4,7-8,11,13-14H,5-6,9-10H2,1H3/t11-/m1/s1. The Morgan fingerprint density at radius 1 is 1.18 bits per heavy atom. The molecule has 1 N–H and O–H groups in total. The van der Waals surface area contributed by atoms with Crippen molar-refractivity contribution in [2.24, 2.45) is 0 Å². The first-order chi connectivity index (χ1) is 8.09. The van der Waals surface area contributed by atoms with E-state index in [1.807, 2.05) is 30.3 Å². The van der Waals surface area contributed by atoms with Crippen LogP contribution in [0.3, 0.4) is 0 Å². The molecule has 0 heterocycles. The van der Waals surface area contributed by atoms with Crippen LogP contribution in [0.5, 0.6) is 0 Å². The van der Waals surface area contributed by atoms with Gasteiger partial charge in [0.15, 0.2) is 0 Å². The average Bonchev–Trinajstić information content (AvgIpc) is 2.81. The Morgan fingerprint density at radius 2 is 1.76 bits per heavy atom. The van der Waals surface area contributed by atoms with Crippen LogP contribution in [-0.4, -0.2) is 14.5 Å². The minimum atomic E-state index is -3.25. The highest BCUT2D eigenvalue weighted by molar-refractivity contribution is 7.89. The van der Waals surface area contributed by atoms with E-state index in [4.69, 9.17) is 0 Å². The molecule has 1 aliphatic carbocycles. The van der Waals surface area contributed by atoms with Crippen LogP contribution < -0.4 is 4.72 Å². The highest BCUT2D eigenvalue weighted by Crippen LogP contribution is 2.24. The lowest BCUT2D eigenvalue weighted by Crippen LogP contribution is -2.35. The Labute approximate surface area is 103 Å². The zero-order valence-corrected chi connectivity index (χ0v) is 10.9. The van der Waals surface area contributed by atoms with E-state index in [9.17, 15) is 8.42 Å². The van der Waals surface area contributed by atoms with Crippen molar-refractivity contribution < 1.29 is 8.42 Å². The first-order valence-electron chi connectivity index (χ1n) is 6.16. The summed E-state index contributed by atoms with van der Waals surface area (Å²) in [7, 11) is -3.25. The Bertz CT molecular complexity index is 450. The Hall–Kier alpha value is -0.870. The van der Waals surface area contributed by atoms with Gasteiger partial charge in [0.2, 0.25) is 10.0 Å². The van der Waals surface area contributed by atoms with Crippen molar-refractivity contribution in [1.82, 2.24) is 4.72 Å². The number of sulfonamides is 1. The summed E-state index contributed by atoms with van der Waals surface area (Å²) in [5, 5.41) is -0.482. The van der Waals surface area contributed by atoms with Crippen LogP contribution in [-0.2, 0) is 10.0 Å². The Kier molecular flexibility index (Phi) is 3.84. The van der Waals surface area contributed by atoms with E-state index in [-0.39, 0.29) is 6.04 Å². The van der Waals surface area contributed by atoms with Crippen LogP contribution >= 0.6 is 0 Å². The SMILES string of the molecule is C[C@H](c1ccccc1)S(=O)(=O)NC1CCCC1. The van der Waals surface area contributed by atoms with E-state index in [1.165, 1.54) is 0 Å². The zero-order chi connectivity index (χ0) is 12.3. The number of hydrogen-bond donors (Lipinski definition) is 1. The highest BCUT2D eigenvalue weighted by Gasteiger charge is 2.27.